The van der Waals surface area contributed by atoms with E-state index in [4.69, 9.17) is 0 Å². The maximum Gasteiger partial charge on any atom is 0.0143 e. The standard InChI is InChI=1S/C8H16Br2/c1-3-8(10)6-4-5-7(2)9/h7-8H,3-6H2,1-2H3. The second-order valence-corrected chi connectivity index (χ2v) is 5.58. The van der Waals surface area contributed by atoms with Crippen LogP contribution in [0.15, 0.2) is 0 Å². The third kappa shape index (κ3) is 7.07. The molecule has 0 aromatic heterocycles. The summed E-state index contributed by atoms with van der Waals surface area (Å²) in [7, 11) is 0. The normalized spacial score (nSPS) is 16.8. The van der Waals surface area contributed by atoms with Crippen molar-refractivity contribution in [1.82, 2.24) is 0 Å². The van der Waals surface area contributed by atoms with E-state index in [1.807, 2.05) is 0 Å². The quantitative estimate of drug-likeness (QED) is 0.660. The summed E-state index contributed by atoms with van der Waals surface area (Å²) in [4.78, 5) is 1.42. The predicted molar refractivity (Wildman–Crippen MR) is 55.2 cm³/mol. The van der Waals surface area contributed by atoms with E-state index in [0.717, 1.165) is 4.83 Å². The minimum absolute atomic E-state index is 0.684. The molecule has 62 valence electrons. The van der Waals surface area contributed by atoms with E-state index in [1.54, 1.807) is 0 Å². The van der Waals surface area contributed by atoms with Crippen molar-refractivity contribution in [1.29, 1.82) is 0 Å². The molecule has 0 nitrogen and oxygen atoms in total. The minimum atomic E-state index is 0.684. The summed E-state index contributed by atoms with van der Waals surface area (Å²) < 4.78 is 0. The van der Waals surface area contributed by atoms with Crippen LogP contribution in [0.5, 0.6) is 0 Å². The highest BCUT2D eigenvalue weighted by atomic mass is 79.9. The van der Waals surface area contributed by atoms with Gasteiger partial charge in [0.05, 0.1) is 0 Å². The Morgan fingerprint density at radius 1 is 1.20 bits per heavy atom. The average molecular weight is 272 g/mol. The fourth-order valence-corrected chi connectivity index (χ4v) is 1.47. The summed E-state index contributed by atoms with van der Waals surface area (Å²) in [6.07, 6.45) is 5.18. The highest BCUT2D eigenvalue weighted by Gasteiger charge is 2.01. The van der Waals surface area contributed by atoms with Crippen molar-refractivity contribution in [2.45, 2.75) is 49.2 Å². The first-order valence-corrected chi connectivity index (χ1v) is 5.78. The Morgan fingerprint density at radius 2 is 1.80 bits per heavy atom. The van der Waals surface area contributed by atoms with Crippen molar-refractivity contribution in [3.63, 3.8) is 0 Å². The molecule has 0 aromatic carbocycles. The second kappa shape index (κ2) is 6.66. The summed E-state index contributed by atoms with van der Waals surface area (Å²) in [5.74, 6) is 0. The molecule has 0 rings (SSSR count). The Morgan fingerprint density at radius 3 is 2.20 bits per heavy atom. The summed E-state index contributed by atoms with van der Waals surface area (Å²) >= 11 is 7.14. The Balaban J connectivity index is 3.03. The molecule has 0 aliphatic carbocycles. The molecule has 2 atom stereocenters. The van der Waals surface area contributed by atoms with Gasteiger partial charge in [0.1, 0.15) is 0 Å². The molecule has 2 heteroatoms. The first kappa shape index (κ1) is 11.0. The average Bonchev–Trinajstić information content (AvgIpc) is 1.87. The molecule has 0 bridgehead atoms. The van der Waals surface area contributed by atoms with E-state index in [0.29, 0.717) is 4.83 Å². The third-order valence-electron chi connectivity index (χ3n) is 1.56. The smallest absolute Gasteiger partial charge is 0.0143 e. The molecule has 0 saturated heterocycles. The van der Waals surface area contributed by atoms with Crippen LogP contribution in [-0.4, -0.2) is 9.65 Å². The molecule has 0 N–H and O–H groups in total. The van der Waals surface area contributed by atoms with Gasteiger partial charge in [-0.1, -0.05) is 52.1 Å². The van der Waals surface area contributed by atoms with Crippen LogP contribution in [0.4, 0.5) is 0 Å². The maximum absolute atomic E-state index is 3.61. The fourth-order valence-electron chi connectivity index (χ4n) is 0.825. The summed E-state index contributed by atoms with van der Waals surface area (Å²) in [5, 5.41) is 0. The van der Waals surface area contributed by atoms with Crippen molar-refractivity contribution in [2.75, 3.05) is 0 Å². The van der Waals surface area contributed by atoms with E-state index < -0.39 is 0 Å². The predicted octanol–water partition coefficient (Wildman–Crippen LogP) is 4.11. The maximum atomic E-state index is 3.61. The third-order valence-corrected chi connectivity index (χ3v) is 3.13. The van der Waals surface area contributed by atoms with Crippen molar-refractivity contribution >= 4 is 31.9 Å². The topological polar surface area (TPSA) is 0 Å². The second-order valence-electron chi connectivity index (χ2n) is 2.72. The lowest BCUT2D eigenvalue weighted by Crippen LogP contribution is -1.97. The Labute approximate surface area is 81.0 Å². The molecular formula is C8H16Br2. The lowest BCUT2D eigenvalue weighted by atomic mass is 10.1. The molecule has 0 saturated carbocycles. The monoisotopic (exact) mass is 270 g/mol. The molecule has 10 heavy (non-hydrogen) atoms. The molecule has 0 aliphatic heterocycles. The molecule has 0 aromatic rings. The Bertz CT molecular complexity index is 71.7. The van der Waals surface area contributed by atoms with E-state index in [9.17, 15) is 0 Å². The summed E-state index contributed by atoms with van der Waals surface area (Å²) in [6, 6.07) is 0. The fraction of sp³-hybridized carbons (Fsp3) is 1.00. The Kier molecular flexibility index (Phi) is 7.30. The van der Waals surface area contributed by atoms with Crippen LogP contribution in [0.25, 0.3) is 0 Å². The van der Waals surface area contributed by atoms with Gasteiger partial charge in [0.2, 0.25) is 0 Å². The molecule has 0 radical (unpaired) electrons. The van der Waals surface area contributed by atoms with Crippen LogP contribution in [-0.2, 0) is 0 Å². The van der Waals surface area contributed by atoms with Gasteiger partial charge < -0.3 is 0 Å². The van der Waals surface area contributed by atoms with Gasteiger partial charge in [-0.25, -0.2) is 0 Å². The SMILES string of the molecule is CCC(Br)CCCC(C)Br. The zero-order chi connectivity index (χ0) is 7.98. The van der Waals surface area contributed by atoms with Crippen molar-refractivity contribution in [3.8, 4) is 0 Å². The van der Waals surface area contributed by atoms with Crippen molar-refractivity contribution < 1.29 is 0 Å². The molecule has 0 heterocycles. The van der Waals surface area contributed by atoms with Crippen molar-refractivity contribution in [2.24, 2.45) is 0 Å². The molecule has 0 aliphatic rings. The highest BCUT2D eigenvalue weighted by molar-refractivity contribution is 9.09. The van der Waals surface area contributed by atoms with Crippen LogP contribution >= 0.6 is 31.9 Å². The summed E-state index contributed by atoms with van der Waals surface area (Å²) in [5.41, 5.74) is 0. The Hall–Kier alpha value is 0.960. The van der Waals surface area contributed by atoms with Gasteiger partial charge in [-0.15, -0.1) is 0 Å². The molecule has 0 spiro atoms. The van der Waals surface area contributed by atoms with E-state index in [1.165, 1.54) is 25.7 Å². The number of alkyl halides is 2. The molecule has 0 amide bonds. The zero-order valence-electron chi connectivity index (χ0n) is 6.74. The number of hydrogen-bond acceptors (Lipinski definition) is 0. The van der Waals surface area contributed by atoms with Crippen LogP contribution in [0, 0.1) is 0 Å². The van der Waals surface area contributed by atoms with Crippen LogP contribution in [0.1, 0.15) is 39.5 Å². The van der Waals surface area contributed by atoms with Gasteiger partial charge in [-0.3, -0.25) is 0 Å². The largest absolute Gasteiger partial charge is 0.0894 e. The van der Waals surface area contributed by atoms with E-state index >= 15 is 0 Å². The number of rotatable bonds is 5. The number of hydrogen-bond donors (Lipinski definition) is 0. The molecule has 0 fully saturated rings. The van der Waals surface area contributed by atoms with Gasteiger partial charge in [0.25, 0.3) is 0 Å². The van der Waals surface area contributed by atoms with Crippen molar-refractivity contribution in [3.05, 3.63) is 0 Å². The minimum Gasteiger partial charge on any atom is -0.0894 e. The van der Waals surface area contributed by atoms with Gasteiger partial charge in [-0.2, -0.15) is 0 Å². The zero-order valence-corrected chi connectivity index (χ0v) is 9.91. The van der Waals surface area contributed by atoms with Gasteiger partial charge in [0, 0.05) is 9.65 Å². The van der Waals surface area contributed by atoms with Crippen LogP contribution < -0.4 is 0 Å². The van der Waals surface area contributed by atoms with Gasteiger partial charge >= 0.3 is 0 Å². The van der Waals surface area contributed by atoms with Gasteiger partial charge in [0.15, 0.2) is 0 Å². The lowest BCUT2D eigenvalue weighted by Gasteiger charge is -2.06. The van der Waals surface area contributed by atoms with Gasteiger partial charge in [-0.05, 0) is 19.3 Å². The van der Waals surface area contributed by atoms with Crippen LogP contribution in [0.3, 0.4) is 0 Å². The first-order chi connectivity index (χ1) is 4.66. The highest BCUT2D eigenvalue weighted by Crippen LogP contribution is 2.16. The lowest BCUT2D eigenvalue weighted by molar-refractivity contribution is 0.651. The molecule has 2 unspecified atom stereocenters. The van der Waals surface area contributed by atoms with E-state index in [2.05, 4.69) is 45.7 Å². The summed E-state index contributed by atoms with van der Waals surface area (Å²) in [6.45, 7) is 4.42. The number of halogens is 2. The first-order valence-electron chi connectivity index (χ1n) is 3.95. The van der Waals surface area contributed by atoms with E-state index in [-0.39, 0.29) is 0 Å². The molecular weight excluding hydrogens is 256 g/mol. The van der Waals surface area contributed by atoms with Crippen LogP contribution in [0.2, 0.25) is 0 Å².